The minimum Gasteiger partial charge on any atom is -0.496 e. The lowest BCUT2D eigenvalue weighted by Gasteiger charge is -1.99. The van der Waals surface area contributed by atoms with Gasteiger partial charge in [-0.1, -0.05) is 18.3 Å². The Bertz CT molecular complexity index is 496. The highest BCUT2D eigenvalue weighted by molar-refractivity contribution is 7.20. The van der Waals surface area contributed by atoms with E-state index in [1.807, 2.05) is 11.4 Å². The number of thiophene rings is 1. The molecule has 4 nitrogen and oxygen atoms in total. The number of methoxy groups -OCH3 is 1. The Hall–Kier alpha value is -0.980. The Morgan fingerprint density at radius 2 is 2.21 bits per heavy atom. The van der Waals surface area contributed by atoms with Gasteiger partial charge in [-0.25, -0.2) is 0 Å². The third-order valence-electron chi connectivity index (χ3n) is 2.66. The minimum atomic E-state index is 0.889. The average molecular weight is 297 g/mol. The van der Waals surface area contributed by atoms with Crippen molar-refractivity contribution >= 4 is 22.7 Å². The summed E-state index contributed by atoms with van der Waals surface area (Å²) in [6.07, 6.45) is 3.29. The lowest BCUT2D eigenvalue weighted by Crippen LogP contribution is -2.16. The Kier molecular flexibility index (Phi) is 5.75. The van der Waals surface area contributed by atoms with Gasteiger partial charge in [0.2, 0.25) is 0 Å². The average Bonchev–Trinajstić information content (AvgIpc) is 3.07. The predicted molar refractivity (Wildman–Crippen MR) is 81.3 cm³/mol. The van der Waals surface area contributed by atoms with Crippen molar-refractivity contribution in [3.05, 3.63) is 16.5 Å². The van der Waals surface area contributed by atoms with E-state index in [4.69, 9.17) is 4.74 Å². The van der Waals surface area contributed by atoms with Crippen LogP contribution in [0.3, 0.4) is 0 Å². The van der Waals surface area contributed by atoms with Gasteiger partial charge in [-0.15, -0.1) is 21.5 Å². The number of hydrogen-bond acceptors (Lipinski definition) is 6. The standard InChI is InChI=1S/C13H19N3OS2/c1-3-6-14-7-4-5-12-15-16-13(19-12)11-8-10(17-2)9-18-11/h8-9,14H,3-7H2,1-2H3. The zero-order valence-electron chi connectivity index (χ0n) is 11.3. The van der Waals surface area contributed by atoms with Gasteiger partial charge in [0.25, 0.3) is 0 Å². The third-order valence-corrected chi connectivity index (χ3v) is 4.72. The summed E-state index contributed by atoms with van der Waals surface area (Å²) in [6.45, 7) is 4.32. The van der Waals surface area contributed by atoms with Gasteiger partial charge in [0.15, 0.2) is 5.01 Å². The number of aromatic nitrogens is 2. The first-order valence-electron chi connectivity index (χ1n) is 6.49. The molecule has 19 heavy (non-hydrogen) atoms. The van der Waals surface area contributed by atoms with Gasteiger partial charge in [0, 0.05) is 17.9 Å². The van der Waals surface area contributed by atoms with Crippen molar-refractivity contribution < 1.29 is 4.74 Å². The summed E-state index contributed by atoms with van der Waals surface area (Å²) in [5, 5.41) is 16.0. The molecule has 0 bridgehead atoms. The van der Waals surface area contributed by atoms with Gasteiger partial charge in [-0.3, -0.25) is 0 Å². The Morgan fingerprint density at radius 3 is 2.95 bits per heavy atom. The molecule has 0 aromatic carbocycles. The van der Waals surface area contributed by atoms with Crippen molar-refractivity contribution in [2.45, 2.75) is 26.2 Å². The summed E-state index contributed by atoms with van der Waals surface area (Å²) in [5.74, 6) is 0.889. The van der Waals surface area contributed by atoms with Crippen molar-refractivity contribution in [1.82, 2.24) is 15.5 Å². The van der Waals surface area contributed by atoms with E-state index in [2.05, 4.69) is 22.4 Å². The van der Waals surface area contributed by atoms with Gasteiger partial charge >= 0.3 is 0 Å². The number of rotatable bonds is 8. The molecule has 0 aliphatic carbocycles. The van der Waals surface area contributed by atoms with E-state index in [0.717, 1.165) is 46.6 Å². The van der Waals surface area contributed by atoms with Crippen LogP contribution in [0.15, 0.2) is 11.4 Å². The zero-order valence-corrected chi connectivity index (χ0v) is 12.9. The molecule has 2 rings (SSSR count). The second-order valence-corrected chi connectivity index (χ2v) is 6.18. The molecule has 6 heteroatoms. The molecule has 0 saturated carbocycles. The Labute approximate surface area is 121 Å². The lowest BCUT2D eigenvalue weighted by atomic mass is 10.3. The van der Waals surface area contributed by atoms with Crippen LogP contribution in [-0.2, 0) is 6.42 Å². The van der Waals surface area contributed by atoms with E-state index in [0.29, 0.717) is 0 Å². The van der Waals surface area contributed by atoms with E-state index in [-0.39, 0.29) is 0 Å². The van der Waals surface area contributed by atoms with Gasteiger partial charge in [0.1, 0.15) is 10.8 Å². The maximum Gasteiger partial charge on any atom is 0.157 e. The molecule has 0 radical (unpaired) electrons. The largest absolute Gasteiger partial charge is 0.496 e. The number of hydrogen-bond donors (Lipinski definition) is 1. The smallest absolute Gasteiger partial charge is 0.157 e. The van der Waals surface area contributed by atoms with Crippen molar-refractivity contribution in [2.75, 3.05) is 20.2 Å². The Balaban J connectivity index is 1.84. The fourth-order valence-corrected chi connectivity index (χ4v) is 3.45. The summed E-state index contributed by atoms with van der Waals surface area (Å²) < 4.78 is 5.18. The Morgan fingerprint density at radius 1 is 1.32 bits per heavy atom. The zero-order chi connectivity index (χ0) is 13.5. The van der Waals surface area contributed by atoms with Crippen LogP contribution in [0, 0.1) is 0 Å². The summed E-state index contributed by atoms with van der Waals surface area (Å²) in [6, 6.07) is 2.01. The normalized spacial score (nSPS) is 10.8. The molecule has 0 saturated heterocycles. The fourth-order valence-electron chi connectivity index (χ4n) is 1.66. The summed E-state index contributed by atoms with van der Waals surface area (Å²) in [7, 11) is 1.68. The molecule has 0 fully saturated rings. The van der Waals surface area contributed by atoms with Crippen LogP contribution in [0.5, 0.6) is 5.75 Å². The molecule has 0 aliphatic heterocycles. The van der Waals surface area contributed by atoms with Gasteiger partial charge in [0.05, 0.1) is 12.0 Å². The van der Waals surface area contributed by atoms with Gasteiger partial charge in [-0.05, 0) is 25.9 Å². The number of nitrogens with zero attached hydrogens (tertiary/aromatic N) is 2. The number of aryl methyl sites for hydroxylation is 1. The SMILES string of the molecule is CCCNCCCc1nnc(-c2cc(OC)cs2)s1. The molecule has 0 amide bonds. The molecule has 2 aromatic heterocycles. The van der Waals surface area contributed by atoms with Crippen LogP contribution in [-0.4, -0.2) is 30.4 Å². The summed E-state index contributed by atoms with van der Waals surface area (Å²) in [5.41, 5.74) is 0. The molecule has 0 spiro atoms. The molecule has 2 heterocycles. The third kappa shape index (κ3) is 4.26. The summed E-state index contributed by atoms with van der Waals surface area (Å²) in [4.78, 5) is 1.13. The summed E-state index contributed by atoms with van der Waals surface area (Å²) >= 11 is 3.32. The molecule has 1 N–H and O–H groups in total. The first-order valence-corrected chi connectivity index (χ1v) is 8.19. The maximum atomic E-state index is 5.18. The van der Waals surface area contributed by atoms with Gasteiger partial charge < -0.3 is 10.1 Å². The molecule has 0 atom stereocenters. The van der Waals surface area contributed by atoms with Crippen LogP contribution < -0.4 is 10.1 Å². The quantitative estimate of drug-likeness (QED) is 0.760. The monoisotopic (exact) mass is 297 g/mol. The number of nitrogens with one attached hydrogen (secondary N) is 1. The predicted octanol–water partition coefficient (Wildman–Crippen LogP) is 3.21. The molecule has 2 aromatic rings. The van der Waals surface area contributed by atoms with E-state index in [1.54, 1.807) is 29.8 Å². The highest BCUT2D eigenvalue weighted by Crippen LogP contribution is 2.32. The molecular weight excluding hydrogens is 278 g/mol. The molecule has 0 unspecified atom stereocenters. The minimum absolute atomic E-state index is 0.889. The molecule has 104 valence electrons. The van der Waals surface area contributed by atoms with Crippen LogP contribution in [0.25, 0.3) is 9.88 Å². The second kappa shape index (κ2) is 7.57. The topological polar surface area (TPSA) is 47.0 Å². The van der Waals surface area contributed by atoms with E-state index < -0.39 is 0 Å². The van der Waals surface area contributed by atoms with Crippen LogP contribution in [0.4, 0.5) is 0 Å². The second-order valence-electron chi connectivity index (χ2n) is 4.21. The first kappa shape index (κ1) is 14.4. The van der Waals surface area contributed by atoms with Crippen LogP contribution in [0.1, 0.15) is 24.8 Å². The highest BCUT2D eigenvalue weighted by atomic mass is 32.1. The van der Waals surface area contributed by atoms with E-state index in [9.17, 15) is 0 Å². The van der Waals surface area contributed by atoms with Crippen molar-refractivity contribution in [3.63, 3.8) is 0 Å². The van der Waals surface area contributed by atoms with Gasteiger partial charge in [-0.2, -0.15) is 0 Å². The fraction of sp³-hybridized carbons (Fsp3) is 0.538. The molecule has 0 aliphatic rings. The molecular formula is C13H19N3OS2. The lowest BCUT2D eigenvalue weighted by molar-refractivity contribution is 0.417. The first-order chi connectivity index (χ1) is 9.33. The van der Waals surface area contributed by atoms with Crippen molar-refractivity contribution in [2.24, 2.45) is 0 Å². The van der Waals surface area contributed by atoms with Crippen molar-refractivity contribution in [3.8, 4) is 15.6 Å². The van der Waals surface area contributed by atoms with Crippen molar-refractivity contribution in [1.29, 1.82) is 0 Å². The maximum absolute atomic E-state index is 5.18. The van der Waals surface area contributed by atoms with Crippen LogP contribution in [0.2, 0.25) is 0 Å². The highest BCUT2D eigenvalue weighted by Gasteiger charge is 2.09. The number of ether oxygens (including phenoxy) is 1. The van der Waals surface area contributed by atoms with Crippen LogP contribution >= 0.6 is 22.7 Å². The van der Waals surface area contributed by atoms with E-state index >= 15 is 0 Å². The van der Waals surface area contributed by atoms with E-state index in [1.165, 1.54) is 6.42 Å².